The number of hydrogen-bond donors (Lipinski definition) is 1. The van der Waals surface area contributed by atoms with Gasteiger partial charge in [-0.1, -0.05) is 42.2 Å². The molecule has 7 heteroatoms. The van der Waals surface area contributed by atoms with Crippen molar-refractivity contribution in [3.8, 4) is 5.75 Å². The molecule has 112 valence electrons. The molecule has 0 aliphatic carbocycles. The Hall–Kier alpha value is -1.60. The van der Waals surface area contributed by atoms with Crippen LogP contribution in [0.15, 0.2) is 28.6 Å². The molecule has 1 N–H and O–H groups in total. The van der Waals surface area contributed by atoms with Crippen LogP contribution in [0.25, 0.3) is 0 Å². The second-order valence-electron chi connectivity index (χ2n) is 4.40. The average molecular weight is 323 g/mol. The van der Waals surface area contributed by atoms with E-state index in [0.717, 1.165) is 9.90 Å². The largest absolute Gasteiger partial charge is 0.481 e. The number of nitrogens with one attached hydrogen (secondary N) is 1. The summed E-state index contributed by atoms with van der Waals surface area (Å²) in [4.78, 5) is 12.2. The normalized spacial score (nSPS) is 12.0. The molecule has 2 aromatic rings. The summed E-state index contributed by atoms with van der Waals surface area (Å²) in [5.74, 6) is 0.488. The zero-order valence-corrected chi connectivity index (χ0v) is 13.8. The van der Waals surface area contributed by atoms with E-state index >= 15 is 0 Å². The molecule has 1 heterocycles. The highest BCUT2D eigenvalue weighted by molar-refractivity contribution is 8.00. The Balaban J connectivity index is 2.01. The van der Waals surface area contributed by atoms with Crippen molar-refractivity contribution in [3.63, 3.8) is 0 Å². The minimum Gasteiger partial charge on any atom is -0.481 e. The van der Waals surface area contributed by atoms with Crippen molar-refractivity contribution in [3.05, 3.63) is 29.8 Å². The van der Waals surface area contributed by atoms with E-state index in [1.165, 1.54) is 23.1 Å². The average Bonchev–Trinajstić information content (AvgIpc) is 2.92. The van der Waals surface area contributed by atoms with Gasteiger partial charge in [-0.05, 0) is 37.3 Å². The molecule has 1 aromatic heterocycles. The lowest BCUT2D eigenvalue weighted by Gasteiger charge is -2.16. The highest BCUT2D eigenvalue weighted by Crippen LogP contribution is 2.23. The van der Waals surface area contributed by atoms with E-state index in [0.29, 0.717) is 17.3 Å². The van der Waals surface area contributed by atoms with Crippen LogP contribution in [-0.4, -0.2) is 28.5 Å². The van der Waals surface area contributed by atoms with E-state index in [1.54, 1.807) is 0 Å². The maximum Gasteiger partial charge on any atom is 0.267 e. The van der Waals surface area contributed by atoms with E-state index < -0.39 is 6.10 Å². The summed E-state index contributed by atoms with van der Waals surface area (Å²) in [6, 6.07) is 7.65. The SMILES string of the molecule is CCC(Oc1cccc(C)c1)C(=O)Nc1nnc(SC)s1. The fourth-order valence-electron chi connectivity index (χ4n) is 1.70. The summed E-state index contributed by atoms with van der Waals surface area (Å²) in [7, 11) is 0. The van der Waals surface area contributed by atoms with Crippen LogP contribution < -0.4 is 10.1 Å². The van der Waals surface area contributed by atoms with Gasteiger partial charge >= 0.3 is 0 Å². The van der Waals surface area contributed by atoms with Crippen molar-refractivity contribution < 1.29 is 9.53 Å². The first-order valence-corrected chi connectivity index (χ1v) is 8.58. The predicted molar refractivity (Wildman–Crippen MR) is 86.2 cm³/mol. The number of rotatable bonds is 6. The third-order valence-electron chi connectivity index (χ3n) is 2.74. The molecule has 1 amide bonds. The molecule has 0 saturated carbocycles. The van der Waals surface area contributed by atoms with Crippen molar-refractivity contribution in [1.82, 2.24) is 10.2 Å². The van der Waals surface area contributed by atoms with Gasteiger partial charge in [-0.2, -0.15) is 0 Å². The van der Waals surface area contributed by atoms with Crippen molar-refractivity contribution >= 4 is 34.1 Å². The molecule has 0 radical (unpaired) electrons. The molecule has 0 fully saturated rings. The fraction of sp³-hybridized carbons (Fsp3) is 0.357. The summed E-state index contributed by atoms with van der Waals surface area (Å²) in [6.45, 7) is 3.90. The number of ether oxygens (including phenoxy) is 1. The van der Waals surface area contributed by atoms with E-state index in [2.05, 4.69) is 15.5 Å². The number of aryl methyl sites for hydroxylation is 1. The van der Waals surface area contributed by atoms with Crippen molar-refractivity contribution in [1.29, 1.82) is 0 Å². The monoisotopic (exact) mass is 323 g/mol. The van der Waals surface area contributed by atoms with Crippen molar-refractivity contribution in [2.24, 2.45) is 0 Å². The van der Waals surface area contributed by atoms with E-state index in [-0.39, 0.29) is 5.91 Å². The summed E-state index contributed by atoms with van der Waals surface area (Å²) in [5, 5.41) is 11.1. The van der Waals surface area contributed by atoms with Crippen LogP contribution in [0.5, 0.6) is 5.75 Å². The van der Waals surface area contributed by atoms with Crippen molar-refractivity contribution in [2.45, 2.75) is 30.7 Å². The Kier molecular flexibility index (Phi) is 5.58. The maximum atomic E-state index is 12.2. The van der Waals surface area contributed by atoms with Crippen LogP contribution in [0.4, 0.5) is 5.13 Å². The van der Waals surface area contributed by atoms with Gasteiger partial charge in [-0.15, -0.1) is 10.2 Å². The zero-order valence-electron chi connectivity index (χ0n) is 12.1. The minimum atomic E-state index is -0.548. The molecule has 0 saturated heterocycles. The third kappa shape index (κ3) is 4.44. The first kappa shape index (κ1) is 15.8. The van der Waals surface area contributed by atoms with Gasteiger partial charge in [0.2, 0.25) is 5.13 Å². The summed E-state index contributed by atoms with van der Waals surface area (Å²) >= 11 is 2.85. The number of aromatic nitrogens is 2. The van der Waals surface area contributed by atoms with Gasteiger partial charge in [0.25, 0.3) is 5.91 Å². The van der Waals surface area contributed by atoms with Gasteiger partial charge in [0, 0.05) is 0 Å². The Labute approximate surface area is 132 Å². The Bertz CT molecular complexity index is 616. The van der Waals surface area contributed by atoms with E-state index in [1.807, 2.05) is 44.4 Å². The second kappa shape index (κ2) is 7.42. The zero-order chi connectivity index (χ0) is 15.2. The fourth-order valence-corrected chi connectivity index (χ4v) is 2.88. The molecule has 5 nitrogen and oxygen atoms in total. The topological polar surface area (TPSA) is 64.1 Å². The van der Waals surface area contributed by atoms with Gasteiger partial charge in [0.15, 0.2) is 10.4 Å². The molecule has 0 aliphatic heterocycles. The number of nitrogens with zero attached hydrogens (tertiary/aromatic N) is 2. The summed E-state index contributed by atoms with van der Waals surface area (Å²) in [5.41, 5.74) is 1.09. The highest BCUT2D eigenvalue weighted by atomic mass is 32.2. The molecule has 0 aliphatic rings. The number of amides is 1. The number of carbonyl (C=O) groups is 1. The van der Waals surface area contributed by atoms with Gasteiger partial charge in [-0.25, -0.2) is 0 Å². The molecule has 2 rings (SSSR count). The van der Waals surface area contributed by atoms with Crippen LogP contribution in [0.2, 0.25) is 0 Å². The lowest BCUT2D eigenvalue weighted by Crippen LogP contribution is -2.32. The molecule has 21 heavy (non-hydrogen) atoms. The molecule has 1 unspecified atom stereocenters. The summed E-state index contributed by atoms with van der Waals surface area (Å²) < 4.78 is 6.57. The van der Waals surface area contributed by atoms with Crippen LogP contribution in [-0.2, 0) is 4.79 Å². The van der Waals surface area contributed by atoms with E-state index in [4.69, 9.17) is 4.74 Å². The predicted octanol–water partition coefficient (Wildman–Crippen LogP) is 3.36. The second-order valence-corrected chi connectivity index (χ2v) is 6.43. The van der Waals surface area contributed by atoms with Gasteiger partial charge < -0.3 is 4.74 Å². The first-order valence-electron chi connectivity index (χ1n) is 6.54. The lowest BCUT2D eigenvalue weighted by molar-refractivity contribution is -0.122. The molecule has 0 bridgehead atoms. The van der Waals surface area contributed by atoms with Gasteiger partial charge in [0.1, 0.15) is 5.75 Å². The molecule has 1 atom stereocenters. The summed E-state index contributed by atoms with van der Waals surface area (Å²) in [6.07, 6.45) is 1.95. The number of benzene rings is 1. The molecule has 0 spiro atoms. The van der Waals surface area contributed by atoms with Crippen molar-refractivity contribution in [2.75, 3.05) is 11.6 Å². The van der Waals surface area contributed by atoms with Crippen LogP contribution in [0.1, 0.15) is 18.9 Å². The lowest BCUT2D eigenvalue weighted by atomic mass is 10.2. The number of carbonyl (C=O) groups excluding carboxylic acids is 1. The Morgan fingerprint density at radius 3 is 2.90 bits per heavy atom. The molecule has 1 aromatic carbocycles. The van der Waals surface area contributed by atoms with Gasteiger partial charge in [0.05, 0.1) is 0 Å². The van der Waals surface area contributed by atoms with Crippen LogP contribution in [0, 0.1) is 6.92 Å². The maximum absolute atomic E-state index is 12.2. The minimum absolute atomic E-state index is 0.206. The number of anilines is 1. The van der Waals surface area contributed by atoms with Crippen LogP contribution in [0.3, 0.4) is 0 Å². The highest BCUT2D eigenvalue weighted by Gasteiger charge is 2.20. The molecular formula is C14H17N3O2S2. The van der Waals surface area contributed by atoms with E-state index in [9.17, 15) is 4.79 Å². The van der Waals surface area contributed by atoms with Crippen LogP contribution >= 0.6 is 23.1 Å². The number of hydrogen-bond acceptors (Lipinski definition) is 6. The van der Waals surface area contributed by atoms with Gasteiger partial charge in [-0.3, -0.25) is 10.1 Å². The Morgan fingerprint density at radius 2 is 2.29 bits per heavy atom. The first-order chi connectivity index (χ1) is 10.1. The quantitative estimate of drug-likeness (QED) is 0.652. The standard InChI is InChI=1S/C14H17N3O2S2/c1-4-11(19-10-7-5-6-9(2)8-10)12(18)15-13-16-17-14(20-3)21-13/h5-8,11H,4H2,1-3H3,(H,15,16,18). The third-order valence-corrected chi connectivity index (χ3v) is 4.56. The molecular weight excluding hydrogens is 306 g/mol. The Morgan fingerprint density at radius 1 is 1.48 bits per heavy atom. The number of thioether (sulfide) groups is 1. The smallest absolute Gasteiger partial charge is 0.267 e.